The van der Waals surface area contributed by atoms with Gasteiger partial charge in [0.25, 0.3) is 0 Å². The molecule has 0 aliphatic rings. The van der Waals surface area contributed by atoms with Crippen molar-refractivity contribution in [2.45, 2.75) is 12.8 Å². The molecular weight excluding hydrogens is 406 g/mol. The fourth-order valence-corrected chi connectivity index (χ4v) is 4.27. The summed E-state index contributed by atoms with van der Waals surface area (Å²) in [5, 5.41) is 3.90. The minimum Gasteiger partial charge on any atom is -0.441 e. The van der Waals surface area contributed by atoms with Gasteiger partial charge in [-0.25, -0.2) is 9.97 Å². The maximum Gasteiger partial charge on any atom is 0.224 e. The lowest BCUT2D eigenvalue weighted by Crippen LogP contribution is -2.12. The number of oxazole rings is 1. The number of carbonyl (C=O) groups is 1. The summed E-state index contributed by atoms with van der Waals surface area (Å²) in [6, 6.07) is 25.6. The second-order valence-electron chi connectivity index (χ2n) is 7.10. The van der Waals surface area contributed by atoms with E-state index in [1.807, 2.05) is 72.8 Å². The molecule has 0 saturated heterocycles. The number of thiazole rings is 1. The molecule has 0 aliphatic heterocycles. The number of hydrogen-bond donors (Lipinski definition) is 1. The van der Waals surface area contributed by atoms with Crippen LogP contribution >= 0.6 is 11.3 Å². The number of carbonyl (C=O) groups excluding carboxylic acids is 1. The van der Waals surface area contributed by atoms with E-state index in [4.69, 9.17) is 4.42 Å². The maximum atomic E-state index is 12.3. The number of nitrogens with one attached hydrogen (secondary N) is 1. The second kappa shape index (κ2) is 8.53. The van der Waals surface area contributed by atoms with Crippen LogP contribution in [0, 0.1) is 0 Å². The molecular formula is C25H19N3O2S. The van der Waals surface area contributed by atoms with Gasteiger partial charge >= 0.3 is 0 Å². The molecule has 5 rings (SSSR count). The highest BCUT2D eigenvalue weighted by Gasteiger charge is 2.10. The van der Waals surface area contributed by atoms with Crippen molar-refractivity contribution in [3.63, 3.8) is 0 Å². The minimum atomic E-state index is -0.0767. The van der Waals surface area contributed by atoms with Crippen molar-refractivity contribution >= 4 is 33.1 Å². The predicted octanol–water partition coefficient (Wildman–Crippen LogP) is 6.19. The standard InChI is InChI=1S/C25H19N3O2S/c29-23(14-15-24-26-16-21(30-24)17-6-2-1-3-7-17)27-19-12-10-18(11-13-19)25-28-20-8-4-5-9-22(20)31-25/h1-13,16H,14-15H2,(H,27,29). The van der Waals surface area contributed by atoms with E-state index < -0.39 is 0 Å². The Labute approximate surface area is 183 Å². The Kier molecular flexibility index (Phi) is 5.29. The van der Waals surface area contributed by atoms with Crippen molar-refractivity contribution in [1.29, 1.82) is 0 Å². The molecule has 0 bridgehead atoms. The van der Waals surface area contributed by atoms with Gasteiger partial charge < -0.3 is 9.73 Å². The van der Waals surface area contributed by atoms with Gasteiger partial charge in [0.05, 0.1) is 16.4 Å². The van der Waals surface area contributed by atoms with Gasteiger partial charge in [0.15, 0.2) is 11.7 Å². The number of rotatable bonds is 6. The molecule has 0 radical (unpaired) electrons. The summed E-state index contributed by atoms with van der Waals surface area (Å²) in [5.74, 6) is 1.19. The Morgan fingerprint density at radius 2 is 1.68 bits per heavy atom. The van der Waals surface area contributed by atoms with Gasteiger partial charge in [0.2, 0.25) is 5.91 Å². The van der Waals surface area contributed by atoms with E-state index in [2.05, 4.69) is 21.4 Å². The predicted molar refractivity (Wildman–Crippen MR) is 124 cm³/mol. The number of fused-ring (bicyclic) bond motifs is 1. The zero-order chi connectivity index (χ0) is 21.0. The van der Waals surface area contributed by atoms with Crippen LogP contribution in [-0.4, -0.2) is 15.9 Å². The SMILES string of the molecule is O=C(CCc1ncc(-c2ccccc2)o1)Nc1ccc(-c2nc3ccccc3s2)cc1. The zero-order valence-corrected chi connectivity index (χ0v) is 17.4. The number of amides is 1. The van der Waals surface area contributed by atoms with E-state index >= 15 is 0 Å². The quantitative estimate of drug-likeness (QED) is 0.352. The number of anilines is 1. The summed E-state index contributed by atoms with van der Waals surface area (Å²) in [6.07, 6.45) is 2.44. The van der Waals surface area contributed by atoms with Gasteiger partial charge in [-0.15, -0.1) is 11.3 Å². The summed E-state index contributed by atoms with van der Waals surface area (Å²) < 4.78 is 6.93. The Hall–Kier alpha value is -3.77. The lowest BCUT2D eigenvalue weighted by molar-refractivity contribution is -0.116. The monoisotopic (exact) mass is 425 g/mol. The van der Waals surface area contributed by atoms with Crippen LogP contribution in [0.3, 0.4) is 0 Å². The Morgan fingerprint density at radius 1 is 0.903 bits per heavy atom. The van der Waals surface area contributed by atoms with Crippen molar-refractivity contribution in [2.24, 2.45) is 0 Å². The molecule has 6 heteroatoms. The van der Waals surface area contributed by atoms with Gasteiger partial charge in [-0.05, 0) is 36.4 Å². The lowest BCUT2D eigenvalue weighted by atomic mass is 10.2. The normalized spacial score (nSPS) is 11.0. The molecule has 0 saturated carbocycles. The summed E-state index contributed by atoms with van der Waals surface area (Å²) in [5.41, 5.74) is 3.76. The third-order valence-corrected chi connectivity index (χ3v) is 5.97. The van der Waals surface area contributed by atoms with Crippen LogP contribution in [-0.2, 0) is 11.2 Å². The first kappa shape index (κ1) is 19.2. The largest absolute Gasteiger partial charge is 0.441 e. The molecule has 0 spiro atoms. The molecule has 1 N–H and O–H groups in total. The van der Waals surface area contributed by atoms with Gasteiger partial charge in [-0.3, -0.25) is 4.79 Å². The first-order valence-electron chi connectivity index (χ1n) is 10.0. The number of aryl methyl sites for hydroxylation is 1. The Morgan fingerprint density at radius 3 is 2.48 bits per heavy atom. The van der Waals surface area contributed by atoms with Gasteiger partial charge in [-0.1, -0.05) is 42.5 Å². The van der Waals surface area contributed by atoms with Crippen molar-refractivity contribution in [2.75, 3.05) is 5.32 Å². The van der Waals surface area contributed by atoms with E-state index in [-0.39, 0.29) is 5.91 Å². The highest BCUT2D eigenvalue weighted by atomic mass is 32.1. The fraction of sp³-hybridized carbons (Fsp3) is 0.0800. The molecule has 2 heterocycles. The van der Waals surface area contributed by atoms with E-state index in [1.54, 1.807) is 17.5 Å². The smallest absolute Gasteiger partial charge is 0.224 e. The second-order valence-corrected chi connectivity index (χ2v) is 8.13. The number of para-hydroxylation sites is 1. The first-order chi connectivity index (χ1) is 15.2. The molecule has 5 nitrogen and oxygen atoms in total. The minimum absolute atomic E-state index is 0.0767. The Balaban J connectivity index is 1.18. The number of hydrogen-bond acceptors (Lipinski definition) is 5. The van der Waals surface area contributed by atoms with E-state index in [0.717, 1.165) is 32.0 Å². The third-order valence-electron chi connectivity index (χ3n) is 4.89. The molecule has 0 fully saturated rings. The maximum absolute atomic E-state index is 12.3. The van der Waals surface area contributed by atoms with Crippen LogP contribution in [0.4, 0.5) is 5.69 Å². The summed E-state index contributed by atoms with van der Waals surface area (Å²) in [6.45, 7) is 0. The average molecular weight is 426 g/mol. The lowest BCUT2D eigenvalue weighted by Gasteiger charge is -2.05. The highest BCUT2D eigenvalue weighted by molar-refractivity contribution is 7.21. The number of nitrogens with zero attached hydrogens (tertiary/aromatic N) is 2. The van der Waals surface area contributed by atoms with Crippen LogP contribution in [0.25, 0.3) is 32.1 Å². The number of benzene rings is 3. The molecule has 3 aromatic carbocycles. The molecule has 1 amide bonds. The Bertz CT molecular complexity index is 1290. The molecule has 0 aliphatic carbocycles. The van der Waals surface area contributed by atoms with Gasteiger partial charge in [-0.2, -0.15) is 0 Å². The van der Waals surface area contributed by atoms with Crippen LogP contribution in [0.15, 0.2) is 89.5 Å². The summed E-state index contributed by atoms with van der Waals surface area (Å²) in [4.78, 5) is 21.3. The molecule has 0 unspecified atom stereocenters. The van der Waals surface area contributed by atoms with E-state index in [9.17, 15) is 4.79 Å². The van der Waals surface area contributed by atoms with Crippen molar-refractivity contribution < 1.29 is 9.21 Å². The van der Waals surface area contributed by atoms with Crippen LogP contribution in [0.1, 0.15) is 12.3 Å². The first-order valence-corrected chi connectivity index (χ1v) is 10.8. The zero-order valence-electron chi connectivity index (χ0n) is 16.6. The van der Waals surface area contributed by atoms with E-state index in [0.29, 0.717) is 24.5 Å². The van der Waals surface area contributed by atoms with Crippen molar-refractivity contribution in [3.05, 3.63) is 91.0 Å². The third kappa shape index (κ3) is 4.39. The van der Waals surface area contributed by atoms with Crippen molar-refractivity contribution in [3.8, 4) is 21.9 Å². The highest BCUT2D eigenvalue weighted by Crippen LogP contribution is 2.30. The number of aromatic nitrogens is 2. The molecule has 31 heavy (non-hydrogen) atoms. The molecule has 5 aromatic rings. The van der Waals surface area contributed by atoms with Gasteiger partial charge in [0.1, 0.15) is 5.01 Å². The average Bonchev–Trinajstić information content (AvgIpc) is 3.46. The van der Waals surface area contributed by atoms with Crippen LogP contribution in [0.2, 0.25) is 0 Å². The van der Waals surface area contributed by atoms with Crippen molar-refractivity contribution in [1.82, 2.24) is 9.97 Å². The topological polar surface area (TPSA) is 68.0 Å². The fourth-order valence-electron chi connectivity index (χ4n) is 3.30. The summed E-state index contributed by atoms with van der Waals surface area (Å²) in [7, 11) is 0. The molecule has 0 atom stereocenters. The molecule has 152 valence electrons. The van der Waals surface area contributed by atoms with Crippen LogP contribution in [0.5, 0.6) is 0 Å². The van der Waals surface area contributed by atoms with Gasteiger partial charge in [0, 0.05) is 29.7 Å². The molecule has 2 aromatic heterocycles. The van der Waals surface area contributed by atoms with Crippen LogP contribution < -0.4 is 5.32 Å². The summed E-state index contributed by atoms with van der Waals surface area (Å²) >= 11 is 1.66. The van der Waals surface area contributed by atoms with E-state index in [1.165, 1.54) is 0 Å².